The number of hydrogen-bond donors (Lipinski definition) is 2. The fourth-order valence-electron chi connectivity index (χ4n) is 2.56. The van der Waals surface area contributed by atoms with Gasteiger partial charge in [0.1, 0.15) is 24.0 Å². The Morgan fingerprint density at radius 1 is 1.26 bits per heavy atom. The zero-order chi connectivity index (χ0) is 17.0. The third-order valence-corrected chi connectivity index (χ3v) is 4.35. The van der Waals surface area contributed by atoms with E-state index in [4.69, 9.17) is 16.3 Å². The van der Waals surface area contributed by atoms with Crippen molar-refractivity contribution in [2.45, 2.75) is 38.3 Å². The van der Waals surface area contributed by atoms with E-state index in [2.05, 4.69) is 5.32 Å². The largest absolute Gasteiger partial charge is 0.491 e. The number of benzene rings is 1. The van der Waals surface area contributed by atoms with Crippen molar-refractivity contribution < 1.29 is 19.4 Å². The molecule has 23 heavy (non-hydrogen) atoms. The molecule has 1 saturated heterocycles. The van der Waals surface area contributed by atoms with Crippen molar-refractivity contribution in [1.29, 1.82) is 0 Å². The van der Waals surface area contributed by atoms with Crippen LogP contribution in [-0.2, 0) is 4.79 Å². The molecule has 0 spiro atoms. The molecule has 1 aromatic carbocycles. The number of imide groups is 1. The number of aliphatic hydroxyl groups excluding tert-OH is 1. The Bertz CT molecular complexity index is 572. The van der Waals surface area contributed by atoms with E-state index in [1.54, 1.807) is 24.3 Å². The van der Waals surface area contributed by atoms with Crippen LogP contribution in [0.2, 0.25) is 5.02 Å². The first-order valence-electron chi connectivity index (χ1n) is 7.62. The Labute approximate surface area is 140 Å². The highest BCUT2D eigenvalue weighted by Crippen LogP contribution is 2.25. The van der Waals surface area contributed by atoms with E-state index in [1.165, 1.54) is 0 Å². The molecule has 126 valence electrons. The first-order valence-corrected chi connectivity index (χ1v) is 8.00. The van der Waals surface area contributed by atoms with Crippen molar-refractivity contribution in [3.05, 3.63) is 29.3 Å². The van der Waals surface area contributed by atoms with Crippen molar-refractivity contribution >= 4 is 23.5 Å². The van der Waals surface area contributed by atoms with E-state index in [-0.39, 0.29) is 19.1 Å². The van der Waals surface area contributed by atoms with Crippen molar-refractivity contribution in [2.75, 3.05) is 13.2 Å². The number of ether oxygens (including phenoxy) is 1. The van der Waals surface area contributed by atoms with Gasteiger partial charge in [0.15, 0.2) is 0 Å². The second-order valence-electron chi connectivity index (χ2n) is 5.55. The normalized spacial score (nSPS) is 18.0. The predicted molar refractivity (Wildman–Crippen MR) is 86.5 cm³/mol. The number of β-amino-alcohol motifs (C(OH)–C–C–N with tert-alkyl or cyclic N) is 1. The van der Waals surface area contributed by atoms with Crippen LogP contribution in [0.5, 0.6) is 5.75 Å². The number of hydrogen-bond acceptors (Lipinski definition) is 4. The first-order chi connectivity index (χ1) is 10.9. The smallest absolute Gasteiger partial charge is 0.325 e. The van der Waals surface area contributed by atoms with E-state index in [1.807, 2.05) is 13.8 Å². The maximum absolute atomic E-state index is 12.4. The van der Waals surface area contributed by atoms with Gasteiger partial charge in [-0.15, -0.1) is 0 Å². The van der Waals surface area contributed by atoms with E-state index >= 15 is 0 Å². The van der Waals surface area contributed by atoms with Crippen molar-refractivity contribution in [1.82, 2.24) is 10.2 Å². The van der Waals surface area contributed by atoms with Gasteiger partial charge in [-0.2, -0.15) is 0 Å². The molecule has 1 fully saturated rings. The van der Waals surface area contributed by atoms with Crippen LogP contribution >= 0.6 is 11.6 Å². The van der Waals surface area contributed by atoms with E-state index < -0.39 is 17.7 Å². The number of halogens is 1. The van der Waals surface area contributed by atoms with Crippen LogP contribution in [0.3, 0.4) is 0 Å². The number of aliphatic hydroxyl groups is 1. The molecule has 2 N–H and O–H groups in total. The SMILES string of the molecule is CCC1(CC)NC(=O)N(CC(O)COc2ccc(Cl)cc2)C1=O. The highest BCUT2D eigenvalue weighted by Gasteiger charge is 2.48. The molecule has 3 amide bonds. The number of carbonyl (C=O) groups excluding carboxylic acids is 2. The first kappa shape index (κ1) is 17.6. The molecule has 1 aliphatic rings. The lowest BCUT2D eigenvalue weighted by Crippen LogP contribution is -2.46. The zero-order valence-corrected chi connectivity index (χ0v) is 14.0. The molecule has 0 aliphatic carbocycles. The maximum Gasteiger partial charge on any atom is 0.325 e. The van der Waals surface area contributed by atoms with Crippen LogP contribution in [0.4, 0.5) is 4.79 Å². The molecule has 6 nitrogen and oxygen atoms in total. The fraction of sp³-hybridized carbons (Fsp3) is 0.500. The van der Waals surface area contributed by atoms with Crippen LogP contribution in [0.15, 0.2) is 24.3 Å². The van der Waals surface area contributed by atoms with Gasteiger partial charge in [-0.25, -0.2) is 4.79 Å². The second-order valence-corrected chi connectivity index (χ2v) is 5.99. The Balaban J connectivity index is 1.92. The monoisotopic (exact) mass is 340 g/mol. The van der Waals surface area contributed by atoms with Crippen LogP contribution in [0.25, 0.3) is 0 Å². The summed E-state index contributed by atoms with van der Waals surface area (Å²) in [5, 5.41) is 13.4. The fourth-order valence-corrected chi connectivity index (χ4v) is 2.68. The van der Waals surface area contributed by atoms with Crippen molar-refractivity contribution in [3.8, 4) is 5.75 Å². The third-order valence-electron chi connectivity index (χ3n) is 4.10. The van der Waals surface area contributed by atoms with Gasteiger partial charge in [0.05, 0.1) is 6.54 Å². The number of amides is 3. The molecule has 1 heterocycles. The average Bonchev–Trinajstić information content (AvgIpc) is 2.79. The van der Waals surface area contributed by atoms with E-state index in [0.717, 1.165) is 4.90 Å². The Hall–Kier alpha value is -1.79. The molecule has 0 radical (unpaired) electrons. The number of carbonyl (C=O) groups is 2. The molecule has 1 unspecified atom stereocenters. The maximum atomic E-state index is 12.4. The van der Waals surface area contributed by atoms with Crippen molar-refractivity contribution in [3.63, 3.8) is 0 Å². The van der Waals surface area contributed by atoms with Crippen LogP contribution in [0.1, 0.15) is 26.7 Å². The highest BCUT2D eigenvalue weighted by molar-refractivity contribution is 6.30. The van der Waals surface area contributed by atoms with Gasteiger partial charge in [0.2, 0.25) is 0 Å². The highest BCUT2D eigenvalue weighted by atomic mass is 35.5. The van der Waals surface area contributed by atoms with Gasteiger partial charge in [0.25, 0.3) is 5.91 Å². The summed E-state index contributed by atoms with van der Waals surface area (Å²) in [6.45, 7) is 3.58. The van der Waals surface area contributed by atoms with Gasteiger partial charge in [-0.1, -0.05) is 25.4 Å². The third kappa shape index (κ3) is 3.76. The minimum atomic E-state index is -0.968. The van der Waals surface area contributed by atoms with Gasteiger partial charge in [0, 0.05) is 5.02 Å². The second kappa shape index (κ2) is 7.19. The van der Waals surface area contributed by atoms with Gasteiger partial charge >= 0.3 is 6.03 Å². The van der Waals surface area contributed by atoms with Gasteiger partial charge < -0.3 is 15.2 Å². The Kier molecular flexibility index (Phi) is 5.49. The summed E-state index contributed by atoms with van der Waals surface area (Å²) in [6, 6.07) is 6.25. The molecule has 7 heteroatoms. The summed E-state index contributed by atoms with van der Waals surface area (Å²) in [5.41, 5.74) is -0.853. The summed E-state index contributed by atoms with van der Waals surface area (Å²) in [4.78, 5) is 25.5. The molecule has 0 bridgehead atoms. The van der Waals surface area contributed by atoms with E-state index in [9.17, 15) is 14.7 Å². The Morgan fingerprint density at radius 3 is 2.39 bits per heavy atom. The molecule has 0 saturated carbocycles. The molecule has 1 aliphatic heterocycles. The average molecular weight is 341 g/mol. The molecule has 0 aromatic heterocycles. The lowest BCUT2D eigenvalue weighted by molar-refractivity contribution is -0.132. The standard InChI is InChI=1S/C16H21ClN2O4/c1-3-16(4-2)14(21)19(15(22)18-16)9-12(20)10-23-13-7-5-11(17)6-8-13/h5-8,12,20H,3-4,9-10H2,1-2H3,(H,18,22). The quantitative estimate of drug-likeness (QED) is 0.746. The summed E-state index contributed by atoms with van der Waals surface area (Å²) in [7, 11) is 0. The topological polar surface area (TPSA) is 78.9 Å². The molecular formula is C16H21ClN2O4. The predicted octanol–water partition coefficient (Wildman–Crippen LogP) is 2.19. The van der Waals surface area contributed by atoms with Crippen LogP contribution in [-0.4, -0.2) is 46.7 Å². The van der Waals surface area contributed by atoms with Crippen LogP contribution < -0.4 is 10.1 Å². The Morgan fingerprint density at radius 2 is 1.87 bits per heavy atom. The molecular weight excluding hydrogens is 320 g/mol. The van der Waals surface area contributed by atoms with Gasteiger partial charge in [-0.05, 0) is 37.1 Å². The minimum Gasteiger partial charge on any atom is -0.491 e. The lowest BCUT2D eigenvalue weighted by Gasteiger charge is -2.23. The lowest BCUT2D eigenvalue weighted by atomic mass is 9.93. The molecule has 1 aromatic rings. The summed E-state index contributed by atoms with van der Waals surface area (Å²) in [5.74, 6) is 0.264. The van der Waals surface area contributed by atoms with Crippen molar-refractivity contribution in [2.24, 2.45) is 0 Å². The number of rotatable bonds is 7. The number of nitrogens with zero attached hydrogens (tertiary/aromatic N) is 1. The summed E-state index contributed by atoms with van der Waals surface area (Å²) in [6.07, 6.45) is 0.0639. The number of nitrogens with one attached hydrogen (secondary N) is 1. The summed E-state index contributed by atoms with van der Waals surface area (Å²) < 4.78 is 5.43. The molecule has 1 atom stereocenters. The van der Waals surface area contributed by atoms with E-state index in [0.29, 0.717) is 23.6 Å². The number of urea groups is 1. The molecule has 2 rings (SSSR count). The zero-order valence-electron chi connectivity index (χ0n) is 13.2. The minimum absolute atomic E-state index is 0.0239. The summed E-state index contributed by atoms with van der Waals surface area (Å²) >= 11 is 5.78. The van der Waals surface area contributed by atoms with Crippen LogP contribution in [0, 0.1) is 0 Å². The van der Waals surface area contributed by atoms with Gasteiger partial charge in [-0.3, -0.25) is 9.69 Å².